The predicted octanol–water partition coefficient (Wildman–Crippen LogP) is 2.43. The van der Waals surface area contributed by atoms with Crippen LogP contribution in [0.25, 0.3) is 0 Å². The van der Waals surface area contributed by atoms with Crippen molar-refractivity contribution in [2.45, 2.75) is 38.6 Å². The number of pyridine rings is 1. The molecule has 1 amide bonds. The van der Waals surface area contributed by atoms with E-state index in [4.69, 9.17) is 11.6 Å². The van der Waals surface area contributed by atoms with Gasteiger partial charge < -0.3 is 9.88 Å². The van der Waals surface area contributed by atoms with Crippen molar-refractivity contribution in [1.82, 2.24) is 9.88 Å². The summed E-state index contributed by atoms with van der Waals surface area (Å²) in [7, 11) is 0. The Morgan fingerprint density at radius 3 is 3.00 bits per heavy atom. The summed E-state index contributed by atoms with van der Waals surface area (Å²) >= 11 is 5.75. The fourth-order valence-corrected chi connectivity index (χ4v) is 2.61. The Kier molecular flexibility index (Phi) is 4.07. The quantitative estimate of drug-likeness (QED) is 0.896. The molecule has 1 unspecified atom stereocenters. The molecule has 1 atom stereocenters. The number of H-pyrrole nitrogens is 1. The standard InChI is InChI=1S/C13H17ClN2O2/c1-2-10-5-3-4-6-16(10)13(18)9-7-11(14)12(17)15-8-9/h7-8,10H,2-6H2,1H3,(H,15,17). The summed E-state index contributed by atoms with van der Waals surface area (Å²) in [5, 5.41) is 0.0610. The first kappa shape index (κ1) is 13.1. The average Bonchev–Trinajstić information content (AvgIpc) is 2.41. The third-order valence-corrected chi connectivity index (χ3v) is 3.74. The molecule has 1 aliphatic heterocycles. The van der Waals surface area contributed by atoms with Gasteiger partial charge in [0.1, 0.15) is 5.02 Å². The van der Waals surface area contributed by atoms with Crippen LogP contribution in [0, 0.1) is 0 Å². The monoisotopic (exact) mass is 268 g/mol. The number of halogens is 1. The van der Waals surface area contributed by atoms with Crippen molar-refractivity contribution < 1.29 is 4.79 Å². The largest absolute Gasteiger partial charge is 0.336 e. The number of hydrogen-bond donors (Lipinski definition) is 1. The maximum absolute atomic E-state index is 12.4. The Balaban J connectivity index is 2.23. The molecule has 0 aromatic carbocycles. The van der Waals surface area contributed by atoms with Crippen molar-refractivity contribution in [2.75, 3.05) is 6.54 Å². The molecule has 0 aliphatic carbocycles. The Morgan fingerprint density at radius 2 is 2.33 bits per heavy atom. The number of aromatic nitrogens is 1. The van der Waals surface area contributed by atoms with Gasteiger partial charge in [-0.2, -0.15) is 0 Å². The smallest absolute Gasteiger partial charge is 0.266 e. The summed E-state index contributed by atoms with van der Waals surface area (Å²) in [4.78, 5) is 27.9. The van der Waals surface area contributed by atoms with E-state index in [9.17, 15) is 9.59 Å². The second kappa shape index (κ2) is 5.57. The van der Waals surface area contributed by atoms with E-state index in [0.29, 0.717) is 11.6 Å². The lowest BCUT2D eigenvalue weighted by atomic mass is 9.99. The highest BCUT2D eigenvalue weighted by Crippen LogP contribution is 2.21. The summed E-state index contributed by atoms with van der Waals surface area (Å²) in [6.07, 6.45) is 5.67. The van der Waals surface area contributed by atoms with Crippen LogP contribution in [-0.4, -0.2) is 28.4 Å². The number of carbonyl (C=O) groups excluding carboxylic acids is 1. The lowest BCUT2D eigenvalue weighted by Gasteiger charge is -2.35. The number of piperidine rings is 1. The highest BCUT2D eigenvalue weighted by molar-refractivity contribution is 6.30. The number of amides is 1. The minimum absolute atomic E-state index is 0.0419. The summed E-state index contributed by atoms with van der Waals surface area (Å²) in [6, 6.07) is 1.75. The Bertz CT molecular complexity index is 498. The Labute approximate surface area is 111 Å². The van der Waals surface area contributed by atoms with Crippen molar-refractivity contribution in [3.8, 4) is 0 Å². The number of nitrogens with one attached hydrogen (secondary N) is 1. The van der Waals surface area contributed by atoms with Crippen LogP contribution in [-0.2, 0) is 0 Å². The van der Waals surface area contributed by atoms with E-state index >= 15 is 0 Å². The zero-order valence-electron chi connectivity index (χ0n) is 10.4. The lowest BCUT2D eigenvalue weighted by Crippen LogP contribution is -2.43. The van der Waals surface area contributed by atoms with E-state index in [1.54, 1.807) is 0 Å². The van der Waals surface area contributed by atoms with Gasteiger partial charge in [0.2, 0.25) is 0 Å². The van der Waals surface area contributed by atoms with Gasteiger partial charge in [-0.1, -0.05) is 18.5 Å². The molecule has 4 nitrogen and oxygen atoms in total. The minimum atomic E-state index is -0.362. The maximum Gasteiger partial charge on any atom is 0.266 e. The van der Waals surface area contributed by atoms with Crippen LogP contribution in [0.2, 0.25) is 5.02 Å². The molecule has 1 aromatic heterocycles. The minimum Gasteiger partial charge on any atom is -0.336 e. The molecule has 0 saturated carbocycles. The first-order valence-electron chi connectivity index (χ1n) is 6.32. The summed E-state index contributed by atoms with van der Waals surface area (Å²) in [6.45, 7) is 2.88. The van der Waals surface area contributed by atoms with Crippen molar-refractivity contribution in [3.63, 3.8) is 0 Å². The molecular weight excluding hydrogens is 252 g/mol. The second-order valence-corrected chi connectivity index (χ2v) is 5.03. The van der Waals surface area contributed by atoms with Crippen molar-refractivity contribution >= 4 is 17.5 Å². The Hall–Kier alpha value is -1.29. The van der Waals surface area contributed by atoms with Crippen LogP contribution >= 0.6 is 11.6 Å². The molecule has 0 radical (unpaired) electrons. The van der Waals surface area contributed by atoms with E-state index in [-0.39, 0.29) is 16.5 Å². The summed E-state index contributed by atoms with van der Waals surface area (Å²) in [5.74, 6) is -0.0419. The molecule has 2 rings (SSSR count). The molecule has 0 spiro atoms. The number of nitrogens with zero attached hydrogens (tertiary/aromatic N) is 1. The molecule has 18 heavy (non-hydrogen) atoms. The van der Waals surface area contributed by atoms with Crippen LogP contribution < -0.4 is 5.56 Å². The number of carbonyl (C=O) groups is 1. The van der Waals surface area contributed by atoms with Crippen molar-refractivity contribution in [1.29, 1.82) is 0 Å². The van der Waals surface area contributed by atoms with Gasteiger partial charge in [0, 0.05) is 18.8 Å². The SMILES string of the molecule is CCC1CCCCN1C(=O)c1c[nH]c(=O)c(Cl)c1. The van der Waals surface area contributed by atoms with Gasteiger partial charge in [-0.15, -0.1) is 0 Å². The van der Waals surface area contributed by atoms with E-state index in [1.165, 1.54) is 18.7 Å². The van der Waals surface area contributed by atoms with Crippen LogP contribution in [0.15, 0.2) is 17.1 Å². The number of aromatic amines is 1. The zero-order valence-corrected chi connectivity index (χ0v) is 11.2. The van der Waals surface area contributed by atoms with Gasteiger partial charge in [-0.05, 0) is 31.7 Å². The fourth-order valence-electron chi connectivity index (χ4n) is 2.44. The second-order valence-electron chi connectivity index (χ2n) is 4.62. The molecule has 5 heteroatoms. The third kappa shape index (κ3) is 2.58. The van der Waals surface area contributed by atoms with Crippen molar-refractivity contribution in [3.05, 3.63) is 33.2 Å². The van der Waals surface area contributed by atoms with E-state index in [0.717, 1.165) is 25.8 Å². The molecule has 0 bridgehead atoms. The number of likely N-dealkylation sites (tertiary alicyclic amines) is 1. The molecule has 1 aliphatic rings. The normalized spacial score (nSPS) is 19.9. The summed E-state index contributed by atoms with van der Waals surface area (Å²) < 4.78 is 0. The molecule has 1 N–H and O–H groups in total. The van der Waals surface area contributed by atoms with Crippen LogP contribution in [0.3, 0.4) is 0 Å². The third-order valence-electron chi connectivity index (χ3n) is 3.46. The van der Waals surface area contributed by atoms with Gasteiger partial charge in [-0.3, -0.25) is 9.59 Å². The van der Waals surface area contributed by atoms with Gasteiger partial charge in [-0.25, -0.2) is 0 Å². The van der Waals surface area contributed by atoms with Crippen LogP contribution in [0.4, 0.5) is 0 Å². The molecule has 2 heterocycles. The molecular formula is C13H17ClN2O2. The molecule has 1 aromatic rings. The first-order valence-corrected chi connectivity index (χ1v) is 6.70. The maximum atomic E-state index is 12.4. The topological polar surface area (TPSA) is 53.2 Å². The summed E-state index contributed by atoms with van der Waals surface area (Å²) in [5.41, 5.74) is 0.0962. The highest BCUT2D eigenvalue weighted by atomic mass is 35.5. The fraction of sp³-hybridized carbons (Fsp3) is 0.538. The molecule has 98 valence electrons. The van der Waals surface area contributed by atoms with E-state index in [1.807, 2.05) is 4.90 Å². The molecule has 1 saturated heterocycles. The number of rotatable bonds is 2. The van der Waals surface area contributed by atoms with Gasteiger partial charge in [0.25, 0.3) is 11.5 Å². The van der Waals surface area contributed by atoms with Gasteiger partial charge in [0.05, 0.1) is 5.56 Å². The average molecular weight is 269 g/mol. The predicted molar refractivity (Wildman–Crippen MR) is 71.0 cm³/mol. The van der Waals surface area contributed by atoms with Gasteiger partial charge in [0.15, 0.2) is 0 Å². The first-order chi connectivity index (χ1) is 8.63. The lowest BCUT2D eigenvalue weighted by molar-refractivity contribution is 0.0607. The Morgan fingerprint density at radius 1 is 1.56 bits per heavy atom. The highest BCUT2D eigenvalue weighted by Gasteiger charge is 2.26. The van der Waals surface area contributed by atoms with Crippen LogP contribution in [0.5, 0.6) is 0 Å². The molecule has 1 fully saturated rings. The van der Waals surface area contributed by atoms with Crippen LogP contribution in [0.1, 0.15) is 43.0 Å². The van der Waals surface area contributed by atoms with Crippen molar-refractivity contribution in [2.24, 2.45) is 0 Å². The van der Waals surface area contributed by atoms with E-state index in [2.05, 4.69) is 11.9 Å². The van der Waals surface area contributed by atoms with Gasteiger partial charge >= 0.3 is 0 Å². The zero-order chi connectivity index (χ0) is 13.1. The number of hydrogen-bond acceptors (Lipinski definition) is 2. The van der Waals surface area contributed by atoms with E-state index < -0.39 is 0 Å².